The topological polar surface area (TPSA) is 304 Å². The van der Waals surface area contributed by atoms with E-state index in [0.717, 1.165) is 86.0 Å². The Hall–Kier alpha value is -9.66. The van der Waals surface area contributed by atoms with E-state index >= 15 is 0 Å². The van der Waals surface area contributed by atoms with Crippen LogP contribution in [0.15, 0.2) is 160 Å². The molecule has 0 bridgehead atoms. The summed E-state index contributed by atoms with van der Waals surface area (Å²) in [5.74, 6) is -0.898. The van der Waals surface area contributed by atoms with Crippen LogP contribution in [0.5, 0.6) is 11.5 Å². The van der Waals surface area contributed by atoms with Crippen LogP contribution in [0, 0.1) is 28.4 Å². The standard InChI is InChI=1S/C26H28BrN3O3.C19H21Cl2N3O3.C17H28N6O2.C16H22ClN3O2/c1-18-5-7-20(8-6-18)25(31)29-23(26(32)28-15-4-16-30(2)3)17-22-13-14-24(33-22)19-9-11-21(27)12-10-19;1-24(2)11-5-10-22-18(25)19(26)23-15-6-3-4-7-17(15)27-16-9-8-13(20)12-14(16)21;1-21(2)11-5-9-19-15-7-8-16(23(24)25)17(14(15)13-18)20-10-6-12-22(3)4;1-12(21)19-15(11-13-5-7-14(17)8-6-13)16(22)18-9-4-10-20(2)3/h5-14,17H,4,15-16H2,1-3H3,(H,28,32)(H,29,31);3-4,6-9,12H,5,10-11H2,1-2H3,(H,22,25)(H,23,26);7-8,19-20H,5-6,9-12H2,1-4H3;5-8,11H,4,9-10H2,1-3H3,(H,18,22)(H,19,21). The van der Waals surface area contributed by atoms with E-state index < -0.39 is 16.7 Å². The van der Waals surface area contributed by atoms with E-state index in [4.69, 9.17) is 44.0 Å². The molecule has 0 radical (unpaired) electrons. The van der Waals surface area contributed by atoms with Gasteiger partial charge >= 0.3 is 11.8 Å². The number of hydrogen-bond donors (Lipinski definition) is 8. The second kappa shape index (κ2) is 48.5. The molecule has 7 rings (SSSR count). The minimum absolute atomic E-state index is 0.0692. The van der Waals surface area contributed by atoms with Crippen molar-refractivity contribution in [3.8, 4) is 28.9 Å². The number of anilines is 3. The smallest absolute Gasteiger partial charge is 0.313 e. The molecule has 0 saturated heterocycles. The number of furan rings is 1. The molecule has 0 saturated carbocycles. The Morgan fingerprint density at radius 2 is 1.07 bits per heavy atom. The third-order valence-corrected chi connectivity index (χ3v) is 16.2. The third-order valence-electron chi connectivity index (χ3n) is 14.9. The van der Waals surface area contributed by atoms with E-state index in [1.165, 1.54) is 13.0 Å². The highest BCUT2D eigenvalue weighted by Crippen LogP contribution is 2.36. The molecule has 7 aromatic rings. The van der Waals surface area contributed by atoms with E-state index in [0.29, 0.717) is 99.0 Å². The average Bonchev–Trinajstić information content (AvgIpc) is 1.01. The summed E-state index contributed by atoms with van der Waals surface area (Å²) >= 11 is 21.3. The van der Waals surface area contributed by atoms with Gasteiger partial charge in [-0.25, -0.2) is 0 Å². The Labute approximate surface area is 651 Å². The monoisotopic (exact) mass is 1590 g/mol. The van der Waals surface area contributed by atoms with Gasteiger partial charge in [0.1, 0.15) is 46.0 Å². The largest absolute Gasteiger partial charge is 0.457 e. The molecule has 1 aromatic heterocycles. The molecule has 6 amide bonds. The number of amides is 6. The van der Waals surface area contributed by atoms with Gasteiger partial charge in [-0.2, -0.15) is 5.26 Å². The van der Waals surface area contributed by atoms with Crippen molar-refractivity contribution in [3.05, 3.63) is 209 Å². The lowest BCUT2D eigenvalue weighted by molar-refractivity contribution is -0.384. The number of rotatable bonds is 34. The van der Waals surface area contributed by atoms with E-state index in [9.17, 15) is 44.1 Å². The lowest BCUT2D eigenvalue weighted by Crippen LogP contribution is -2.36. The van der Waals surface area contributed by atoms with Crippen molar-refractivity contribution in [2.45, 2.75) is 46.0 Å². The quantitative estimate of drug-likeness (QED) is 0.00611. The fraction of sp³-hybridized carbons (Fsp3) is 0.346. The first-order valence-corrected chi connectivity index (χ1v) is 36.4. The number of carbonyl (C=O) groups is 6. The van der Waals surface area contributed by atoms with E-state index in [1.54, 1.807) is 103 Å². The molecule has 29 heteroatoms. The summed E-state index contributed by atoms with van der Waals surface area (Å²) < 4.78 is 12.7. The number of nitrogens with one attached hydrogen (secondary N) is 8. The molecule has 0 aliphatic rings. The van der Waals surface area contributed by atoms with Crippen LogP contribution in [0.25, 0.3) is 23.5 Å². The number of benzene rings is 6. The molecule has 574 valence electrons. The summed E-state index contributed by atoms with van der Waals surface area (Å²) in [6, 6.07) is 42.3. The zero-order valence-electron chi connectivity index (χ0n) is 62.8. The SMILES string of the molecule is CC(=O)NC(=Cc1ccc(Cl)cc1)C(=O)NCCCN(C)C.CN(C)CCCNC(=O)C(=O)Nc1ccccc1Oc1ccc(Cl)cc1Cl.CN(C)CCCNc1ccc([N+](=O)[O-])c(NCCCN(C)C)c1C#N.Cc1ccc(C(=O)NC(=Cc2ccc(-c3ccc(Br)cc3)o2)C(=O)NCCCN(C)C)cc1. The summed E-state index contributed by atoms with van der Waals surface area (Å²) in [7, 11) is 19.8. The first-order valence-electron chi connectivity index (χ1n) is 34.4. The summed E-state index contributed by atoms with van der Waals surface area (Å²) in [5, 5.41) is 44.7. The molecule has 0 aliphatic carbocycles. The Balaban J connectivity index is 0.000000305. The molecule has 1 heterocycles. The van der Waals surface area contributed by atoms with Crippen molar-refractivity contribution in [1.82, 2.24) is 51.1 Å². The predicted octanol–water partition coefficient (Wildman–Crippen LogP) is 12.7. The molecule has 0 unspecified atom stereocenters. The molecule has 0 aliphatic heterocycles. The number of nitrogens with zero attached hydrogens (tertiary/aromatic N) is 7. The molecule has 107 heavy (non-hydrogen) atoms. The predicted molar refractivity (Wildman–Crippen MR) is 433 cm³/mol. The maximum atomic E-state index is 12.9. The lowest BCUT2D eigenvalue weighted by atomic mass is 10.1. The Morgan fingerprint density at radius 3 is 1.60 bits per heavy atom. The molecule has 0 spiro atoms. The highest BCUT2D eigenvalue weighted by atomic mass is 79.9. The molecular weight excluding hydrogens is 1490 g/mol. The summed E-state index contributed by atoms with van der Waals surface area (Å²) in [5.41, 5.74) is 5.08. The highest BCUT2D eigenvalue weighted by molar-refractivity contribution is 9.10. The first-order chi connectivity index (χ1) is 50.9. The van der Waals surface area contributed by atoms with Gasteiger partial charge in [0.25, 0.3) is 23.4 Å². The van der Waals surface area contributed by atoms with Gasteiger partial charge in [-0.3, -0.25) is 38.9 Å². The number of aryl methyl sites for hydroxylation is 1. The number of halogens is 4. The Kier molecular flexibility index (Phi) is 40.7. The zero-order valence-corrected chi connectivity index (χ0v) is 66.6. The van der Waals surface area contributed by atoms with Gasteiger partial charge < -0.3 is 76.2 Å². The van der Waals surface area contributed by atoms with Crippen molar-refractivity contribution in [3.63, 3.8) is 0 Å². The average molecular weight is 1590 g/mol. The molecular formula is C78H99BrCl3N15O10. The minimum atomic E-state index is -0.766. The van der Waals surface area contributed by atoms with Crippen LogP contribution < -0.4 is 47.3 Å². The molecule has 25 nitrogen and oxygen atoms in total. The van der Waals surface area contributed by atoms with Crippen LogP contribution in [0.3, 0.4) is 0 Å². The molecule has 8 N–H and O–H groups in total. The van der Waals surface area contributed by atoms with Crippen molar-refractivity contribution in [2.75, 3.05) is 152 Å². The maximum absolute atomic E-state index is 12.9. The van der Waals surface area contributed by atoms with Gasteiger partial charge in [-0.1, -0.05) is 105 Å². The Bertz CT molecular complexity index is 4110. The maximum Gasteiger partial charge on any atom is 0.313 e. The zero-order chi connectivity index (χ0) is 79.0. The number of nitriles is 1. The third kappa shape index (κ3) is 35.5. The second-order valence-electron chi connectivity index (χ2n) is 25.7. The molecule has 6 aromatic carbocycles. The fourth-order valence-corrected chi connectivity index (χ4v) is 10.3. The van der Waals surface area contributed by atoms with Crippen molar-refractivity contribution >= 4 is 121 Å². The van der Waals surface area contributed by atoms with Gasteiger partial charge in [0.05, 0.1) is 21.3 Å². The van der Waals surface area contributed by atoms with Crippen LogP contribution in [-0.2, 0) is 24.0 Å². The second-order valence-corrected chi connectivity index (χ2v) is 27.9. The van der Waals surface area contributed by atoms with Gasteiger partial charge in [-0.05, 0) is 239 Å². The van der Waals surface area contributed by atoms with E-state index in [2.05, 4.69) is 74.3 Å². The first kappa shape index (κ1) is 89.7. The number of nitro groups is 1. The number of nitro benzene ring substituents is 1. The van der Waals surface area contributed by atoms with Crippen LogP contribution in [-0.4, -0.2) is 201 Å². The number of para-hydroxylation sites is 2. The van der Waals surface area contributed by atoms with Crippen LogP contribution in [0.4, 0.5) is 22.7 Å². The van der Waals surface area contributed by atoms with Gasteiger partial charge in [-0.15, -0.1) is 0 Å². The number of hydrogen-bond acceptors (Lipinski definition) is 18. The Morgan fingerprint density at radius 1 is 0.561 bits per heavy atom. The van der Waals surface area contributed by atoms with Crippen LogP contribution in [0.2, 0.25) is 15.1 Å². The summed E-state index contributed by atoms with van der Waals surface area (Å²) in [4.78, 5) is 94.2. The van der Waals surface area contributed by atoms with E-state index in [1.807, 2.05) is 135 Å². The minimum Gasteiger partial charge on any atom is -0.457 e. The summed E-state index contributed by atoms with van der Waals surface area (Å²) in [6.07, 6.45) is 7.31. The fourth-order valence-electron chi connectivity index (χ4n) is 9.46. The van der Waals surface area contributed by atoms with Crippen molar-refractivity contribution < 1.29 is 42.8 Å². The number of carbonyl (C=O) groups excluding carboxylic acids is 6. The normalized spacial score (nSPS) is 11.1. The highest BCUT2D eigenvalue weighted by Gasteiger charge is 2.22. The lowest BCUT2D eigenvalue weighted by Gasteiger charge is -2.15. The molecule has 0 fully saturated rings. The molecule has 0 atom stereocenters. The van der Waals surface area contributed by atoms with Crippen LogP contribution >= 0.6 is 50.7 Å². The summed E-state index contributed by atoms with van der Waals surface area (Å²) in [6.45, 7) is 10.4. The van der Waals surface area contributed by atoms with Gasteiger partial charge in [0.15, 0.2) is 5.75 Å². The van der Waals surface area contributed by atoms with Crippen molar-refractivity contribution in [2.24, 2.45) is 0 Å². The number of ether oxygens (including phenoxy) is 1. The van der Waals surface area contributed by atoms with E-state index in [-0.39, 0.29) is 40.7 Å². The van der Waals surface area contributed by atoms with Crippen LogP contribution in [0.1, 0.15) is 71.8 Å². The van der Waals surface area contributed by atoms with Crippen molar-refractivity contribution in [1.29, 1.82) is 5.26 Å². The van der Waals surface area contributed by atoms with Gasteiger partial charge in [0.2, 0.25) is 5.91 Å². The van der Waals surface area contributed by atoms with Gasteiger partial charge in [0, 0.05) is 77.4 Å².